The number of rotatable bonds is 17. The minimum absolute atomic E-state index is 0.0335. The molecule has 0 aromatic rings. The van der Waals surface area contributed by atoms with E-state index in [2.05, 4.69) is 20.9 Å². The molecule has 0 aliphatic rings. The molecule has 4 atom stereocenters. The van der Waals surface area contributed by atoms with Crippen LogP contribution in [-0.4, -0.2) is 95.4 Å². The van der Waals surface area contributed by atoms with E-state index in [1.807, 2.05) is 0 Å². The van der Waals surface area contributed by atoms with E-state index >= 15 is 0 Å². The van der Waals surface area contributed by atoms with Gasteiger partial charge in [0.25, 0.3) is 0 Å². The highest BCUT2D eigenvalue weighted by atomic mass is 16.4. The number of hydrogen-bond acceptors (Lipinski definition) is 9. The van der Waals surface area contributed by atoms with Crippen molar-refractivity contribution in [1.82, 2.24) is 16.0 Å². The Morgan fingerprint density at radius 3 is 1.76 bits per heavy atom. The normalized spacial score (nSPS) is 14.3. The molecule has 0 aliphatic carbocycles. The van der Waals surface area contributed by atoms with Gasteiger partial charge in [-0.05, 0) is 38.6 Å². The Morgan fingerprint density at radius 2 is 1.30 bits per heavy atom. The number of amides is 3. The van der Waals surface area contributed by atoms with Gasteiger partial charge in [0, 0.05) is 6.54 Å². The molecule has 3 amide bonds. The topological polar surface area (TPSA) is 282 Å². The summed E-state index contributed by atoms with van der Waals surface area (Å²) in [6.45, 7) is -0.971. The van der Waals surface area contributed by atoms with E-state index in [1.54, 1.807) is 0 Å². The fraction of sp³-hybridized carbons (Fsp3) is 0.722. The predicted octanol–water partition coefficient (Wildman–Crippen LogP) is -4.98. The number of nitrogens with two attached hydrogens (primary N) is 4. The van der Waals surface area contributed by atoms with Gasteiger partial charge in [0.15, 0.2) is 5.96 Å². The van der Waals surface area contributed by atoms with Crippen LogP contribution in [0.25, 0.3) is 0 Å². The van der Waals surface area contributed by atoms with Crippen molar-refractivity contribution < 1.29 is 34.5 Å². The summed E-state index contributed by atoms with van der Waals surface area (Å²) in [5, 5.41) is 34.3. The third-order valence-corrected chi connectivity index (χ3v) is 4.49. The van der Waals surface area contributed by atoms with E-state index in [0.29, 0.717) is 19.4 Å². The van der Waals surface area contributed by atoms with Gasteiger partial charge in [-0.25, -0.2) is 4.79 Å². The summed E-state index contributed by atoms with van der Waals surface area (Å²) in [4.78, 5) is 52.4. The quantitative estimate of drug-likeness (QED) is 0.0538. The number of aliphatic hydroxyl groups excluding tert-OH is 2. The third kappa shape index (κ3) is 12.6. The number of unbranched alkanes of at least 4 members (excludes halogenated alkanes) is 1. The van der Waals surface area contributed by atoms with Crippen molar-refractivity contribution in [2.75, 3.05) is 26.3 Å². The van der Waals surface area contributed by atoms with Gasteiger partial charge in [-0.1, -0.05) is 0 Å². The number of aliphatic hydroxyl groups is 2. The van der Waals surface area contributed by atoms with Crippen molar-refractivity contribution in [2.24, 2.45) is 27.9 Å². The fourth-order valence-electron chi connectivity index (χ4n) is 2.63. The Bertz CT molecular complexity index is 672. The Kier molecular flexibility index (Phi) is 15.1. The lowest BCUT2D eigenvalue weighted by molar-refractivity contribution is -0.143. The molecule has 0 heterocycles. The molecule has 0 aliphatic heterocycles. The Balaban J connectivity index is 5.46. The second-order valence-electron chi connectivity index (χ2n) is 7.23. The van der Waals surface area contributed by atoms with E-state index in [-0.39, 0.29) is 31.8 Å². The van der Waals surface area contributed by atoms with Crippen LogP contribution in [0.15, 0.2) is 4.99 Å². The van der Waals surface area contributed by atoms with Crippen molar-refractivity contribution >= 4 is 29.7 Å². The molecule has 33 heavy (non-hydrogen) atoms. The largest absolute Gasteiger partial charge is 0.480 e. The maximum absolute atomic E-state index is 12.9. The SMILES string of the molecule is NCCCCC(NC(=O)C(N)CO)C(=O)NC(CCCN=C(N)N)C(=O)NC(CO)C(=O)O. The van der Waals surface area contributed by atoms with Crippen molar-refractivity contribution in [3.05, 3.63) is 0 Å². The molecule has 190 valence electrons. The number of guanidine groups is 1. The van der Waals surface area contributed by atoms with Gasteiger partial charge in [-0.15, -0.1) is 0 Å². The van der Waals surface area contributed by atoms with Gasteiger partial charge in [0.2, 0.25) is 17.7 Å². The summed E-state index contributed by atoms with van der Waals surface area (Å²) in [7, 11) is 0. The molecule has 15 nitrogen and oxygen atoms in total. The number of nitrogens with one attached hydrogen (secondary N) is 3. The fourth-order valence-corrected chi connectivity index (χ4v) is 2.63. The molecule has 0 saturated carbocycles. The van der Waals surface area contributed by atoms with Crippen LogP contribution in [0, 0.1) is 0 Å². The first-order valence-corrected chi connectivity index (χ1v) is 10.4. The Hall–Kier alpha value is -3.01. The van der Waals surface area contributed by atoms with Gasteiger partial charge < -0.3 is 54.2 Å². The first-order valence-electron chi connectivity index (χ1n) is 10.4. The van der Waals surface area contributed by atoms with Crippen molar-refractivity contribution in [1.29, 1.82) is 0 Å². The molecule has 0 aromatic carbocycles. The molecule has 0 bridgehead atoms. The number of hydrogen-bond donors (Lipinski definition) is 10. The van der Waals surface area contributed by atoms with Crippen LogP contribution in [0.5, 0.6) is 0 Å². The van der Waals surface area contributed by atoms with Crippen LogP contribution in [-0.2, 0) is 19.2 Å². The van der Waals surface area contributed by atoms with E-state index in [9.17, 15) is 19.2 Å². The summed E-state index contributed by atoms with van der Waals surface area (Å²) >= 11 is 0. The first-order chi connectivity index (χ1) is 15.6. The van der Waals surface area contributed by atoms with Gasteiger partial charge in [-0.3, -0.25) is 19.4 Å². The zero-order valence-corrected chi connectivity index (χ0v) is 18.4. The second kappa shape index (κ2) is 16.6. The van der Waals surface area contributed by atoms with Crippen LogP contribution in [0.3, 0.4) is 0 Å². The van der Waals surface area contributed by atoms with Crippen LogP contribution in [0.2, 0.25) is 0 Å². The lowest BCUT2D eigenvalue weighted by Crippen LogP contribution is -2.57. The summed E-state index contributed by atoms with van der Waals surface area (Å²) in [5.41, 5.74) is 21.5. The van der Waals surface area contributed by atoms with Gasteiger partial charge in [-0.2, -0.15) is 0 Å². The second-order valence-corrected chi connectivity index (χ2v) is 7.23. The molecule has 0 spiro atoms. The minimum Gasteiger partial charge on any atom is -0.480 e. The number of carbonyl (C=O) groups is 4. The van der Waals surface area contributed by atoms with Crippen molar-refractivity contribution in [3.63, 3.8) is 0 Å². The molecule has 0 saturated heterocycles. The average molecular weight is 477 g/mol. The van der Waals surface area contributed by atoms with Gasteiger partial charge in [0.05, 0.1) is 13.2 Å². The lowest BCUT2D eigenvalue weighted by atomic mass is 10.1. The lowest BCUT2D eigenvalue weighted by Gasteiger charge is -2.25. The van der Waals surface area contributed by atoms with E-state index in [0.717, 1.165) is 0 Å². The van der Waals surface area contributed by atoms with Crippen LogP contribution >= 0.6 is 0 Å². The zero-order chi connectivity index (χ0) is 25.4. The average Bonchev–Trinajstić information content (AvgIpc) is 2.77. The predicted molar refractivity (Wildman–Crippen MR) is 118 cm³/mol. The van der Waals surface area contributed by atoms with Gasteiger partial charge in [0.1, 0.15) is 24.2 Å². The first kappa shape index (κ1) is 30.0. The monoisotopic (exact) mass is 476 g/mol. The molecule has 14 N–H and O–H groups in total. The summed E-state index contributed by atoms with van der Waals surface area (Å²) in [6, 6.07) is -5.10. The highest BCUT2D eigenvalue weighted by molar-refractivity contribution is 5.94. The number of nitrogens with zero attached hydrogens (tertiary/aromatic N) is 1. The summed E-state index contributed by atoms with van der Waals surface area (Å²) < 4.78 is 0. The minimum atomic E-state index is -1.57. The molecule has 0 fully saturated rings. The molecule has 0 rings (SSSR count). The number of aliphatic carboxylic acids is 1. The highest BCUT2D eigenvalue weighted by Crippen LogP contribution is 2.05. The molecule has 0 radical (unpaired) electrons. The maximum atomic E-state index is 12.9. The van der Waals surface area contributed by atoms with Crippen LogP contribution in [0.4, 0.5) is 0 Å². The smallest absolute Gasteiger partial charge is 0.328 e. The molecule has 15 heteroatoms. The Morgan fingerprint density at radius 1 is 0.788 bits per heavy atom. The summed E-state index contributed by atoms with van der Waals surface area (Å²) in [6.07, 6.45) is 1.53. The van der Waals surface area contributed by atoms with E-state index < -0.39 is 61.1 Å². The highest BCUT2D eigenvalue weighted by Gasteiger charge is 2.29. The maximum Gasteiger partial charge on any atom is 0.328 e. The standard InChI is InChI=1S/C18H36N8O7/c19-6-2-1-4-11(24-14(29)10(20)8-27)15(30)25-12(5-3-7-23-18(21)22)16(31)26-13(9-28)17(32)33/h10-13,27-28H,1-9,19-20H2,(H,24,29)(H,25,30)(H,26,31)(H,32,33)(H4,21,22,23). The van der Waals surface area contributed by atoms with Crippen molar-refractivity contribution in [2.45, 2.75) is 56.3 Å². The third-order valence-electron chi connectivity index (χ3n) is 4.49. The number of carboxylic acid groups (broad SMARTS) is 1. The zero-order valence-electron chi connectivity index (χ0n) is 18.4. The number of aliphatic imine (C=N–C) groups is 1. The van der Waals surface area contributed by atoms with Crippen molar-refractivity contribution in [3.8, 4) is 0 Å². The molecule has 0 aromatic heterocycles. The van der Waals surface area contributed by atoms with Gasteiger partial charge >= 0.3 is 5.97 Å². The van der Waals surface area contributed by atoms with E-state index in [4.69, 9.17) is 38.3 Å². The number of carbonyl (C=O) groups excluding carboxylic acids is 3. The molecular formula is C18H36N8O7. The molecular weight excluding hydrogens is 440 g/mol. The van der Waals surface area contributed by atoms with E-state index in [1.165, 1.54) is 0 Å². The molecule has 4 unspecified atom stereocenters. The Labute approximate surface area is 191 Å². The summed E-state index contributed by atoms with van der Waals surface area (Å²) in [5.74, 6) is -3.95. The van der Waals surface area contributed by atoms with Crippen LogP contribution in [0.1, 0.15) is 32.1 Å². The van der Waals surface area contributed by atoms with Crippen LogP contribution < -0.4 is 38.9 Å². The number of carboxylic acids is 1.